The van der Waals surface area contributed by atoms with Crippen LogP contribution in [0.25, 0.3) is 0 Å². The standard InChI is InChI=1S/C15H24BrNO2/c1-3-4-9-18-10-11-19-15(12-17-2)13-7-5-6-8-14(13)16/h5-8,15,17H,3-4,9-12H2,1-2H3. The summed E-state index contributed by atoms with van der Waals surface area (Å²) < 4.78 is 12.5. The molecule has 1 rings (SSSR count). The summed E-state index contributed by atoms with van der Waals surface area (Å²) in [4.78, 5) is 0. The maximum atomic E-state index is 5.91. The van der Waals surface area contributed by atoms with Crippen molar-refractivity contribution in [2.75, 3.05) is 33.4 Å². The third-order valence-corrected chi connectivity index (χ3v) is 3.55. The summed E-state index contributed by atoms with van der Waals surface area (Å²) in [6, 6.07) is 8.17. The van der Waals surface area contributed by atoms with Crippen molar-refractivity contribution in [2.24, 2.45) is 0 Å². The van der Waals surface area contributed by atoms with E-state index in [0.717, 1.165) is 24.0 Å². The fourth-order valence-corrected chi connectivity index (χ4v) is 2.32. The molecule has 1 aromatic carbocycles. The van der Waals surface area contributed by atoms with Crippen molar-refractivity contribution in [2.45, 2.75) is 25.9 Å². The van der Waals surface area contributed by atoms with Crippen molar-refractivity contribution in [3.63, 3.8) is 0 Å². The van der Waals surface area contributed by atoms with E-state index in [1.165, 1.54) is 12.0 Å². The molecule has 0 fully saturated rings. The van der Waals surface area contributed by atoms with Gasteiger partial charge >= 0.3 is 0 Å². The van der Waals surface area contributed by atoms with Crippen molar-refractivity contribution >= 4 is 15.9 Å². The van der Waals surface area contributed by atoms with Gasteiger partial charge in [-0.1, -0.05) is 47.5 Å². The van der Waals surface area contributed by atoms with Crippen molar-refractivity contribution in [1.82, 2.24) is 5.32 Å². The molecule has 1 atom stereocenters. The number of likely N-dealkylation sites (N-methyl/N-ethyl adjacent to an activating group) is 1. The van der Waals surface area contributed by atoms with E-state index < -0.39 is 0 Å². The minimum Gasteiger partial charge on any atom is -0.379 e. The van der Waals surface area contributed by atoms with Gasteiger partial charge < -0.3 is 14.8 Å². The fourth-order valence-electron chi connectivity index (χ4n) is 1.78. The van der Waals surface area contributed by atoms with Gasteiger partial charge in [0.05, 0.1) is 19.3 Å². The molecule has 0 aliphatic carbocycles. The van der Waals surface area contributed by atoms with Gasteiger partial charge in [0.1, 0.15) is 0 Å². The Labute approximate surface area is 124 Å². The van der Waals surface area contributed by atoms with Gasteiger partial charge in [-0.05, 0) is 25.1 Å². The van der Waals surface area contributed by atoms with Crippen LogP contribution in [0.5, 0.6) is 0 Å². The van der Waals surface area contributed by atoms with Crippen LogP contribution in [-0.2, 0) is 9.47 Å². The van der Waals surface area contributed by atoms with Gasteiger partial charge in [0, 0.05) is 17.6 Å². The topological polar surface area (TPSA) is 30.5 Å². The Balaban J connectivity index is 2.39. The number of rotatable bonds is 10. The third-order valence-electron chi connectivity index (χ3n) is 2.83. The Morgan fingerprint density at radius 2 is 2.00 bits per heavy atom. The number of nitrogens with one attached hydrogen (secondary N) is 1. The van der Waals surface area contributed by atoms with Crippen molar-refractivity contribution in [3.8, 4) is 0 Å². The summed E-state index contributed by atoms with van der Waals surface area (Å²) >= 11 is 3.57. The zero-order chi connectivity index (χ0) is 13.9. The average Bonchev–Trinajstić information content (AvgIpc) is 2.42. The maximum Gasteiger partial charge on any atom is 0.0961 e. The molecule has 1 aromatic rings. The minimum atomic E-state index is 0.0513. The number of halogens is 1. The SMILES string of the molecule is CCCCOCCOC(CNC)c1ccccc1Br. The number of ether oxygens (including phenoxy) is 2. The van der Waals surface area contributed by atoms with E-state index in [2.05, 4.69) is 34.2 Å². The lowest BCUT2D eigenvalue weighted by Crippen LogP contribution is -2.21. The van der Waals surface area contributed by atoms with Crippen LogP contribution < -0.4 is 5.32 Å². The number of unbranched alkanes of at least 4 members (excludes halogenated alkanes) is 1. The number of benzene rings is 1. The highest BCUT2D eigenvalue weighted by atomic mass is 79.9. The molecule has 0 amide bonds. The molecule has 0 saturated carbocycles. The van der Waals surface area contributed by atoms with Crippen LogP contribution in [0.3, 0.4) is 0 Å². The molecule has 0 heterocycles. The Bertz CT molecular complexity index is 347. The second kappa shape index (κ2) is 10.4. The van der Waals surface area contributed by atoms with Crippen LogP contribution in [0, 0.1) is 0 Å². The Kier molecular flexibility index (Phi) is 9.08. The molecule has 4 heteroatoms. The summed E-state index contributed by atoms with van der Waals surface area (Å²) in [7, 11) is 1.94. The zero-order valence-corrected chi connectivity index (χ0v) is 13.4. The molecular formula is C15H24BrNO2. The molecule has 108 valence electrons. The van der Waals surface area contributed by atoms with Crippen LogP contribution in [0.1, 0.15) is 31.4 Å². The van der Waals surface area contributed by atoms with Gasteiger partial charge in [-0.15, -0.1) is 0 Å². The van der Waals surface area contributed by atoms with E-state index in [4.69, 9.17) is 9.47 Å². The Hall–Kier alpha value is -0.420. The minimum absolute atomic E-state index is 0.0513. The third kappa shape index (κ3) is 6.52. The number of hydrogen-bond donors (Lipinski definition) is 1. The normalized spacial score (nSPS) is 12.6. The van der Waals surface area contributed by atoms with Crippen molar-refractivity contribution < 1.29 is 9.47 Å². The Morgan fingerprint density at radius 1 is 1.21 bits per heavy atom. The smallest absolute Gasteiger partial charge is 0.0961 e. The highest BCUT2D eigenvalue weighted by Crippen LogP contribution is 2.25. The van der Waals surface area contributed by atoms with Gasteiger partial charge in [-0.25, -0.2) is 0 Å². The van der Waals surface area contributed by atoms with Gasteiger partial charge in [0.15, 0.2) is 0 Å². The summed E-state index contributed by atoms with van der Waals surface area (Å²) in [5, 5.41) is 3.17. The van der Waals surface area contributed by atoms with E-state index in [1.807, 2.05) is 25.2 Å². The molecule has 0 radical (unpaired) electrons. The van der Waals surface area contributed by atoms with Gasteiger partial charge in [-0.2, -0.15) is 0 Å². The van der Waals surface area contributed by atoms with Crippen molar-refractivity contribution in [3.05, 3.63) is 34.3 Å². The Morgan fingerprint density at radius 3 is 2.68 bits per heavy atom. The molecule has 1 unspecified atom stereocenters. The van der Waals surface area contributed by atoms with Crippen LogP contribution in [0.4, 0.5) is 0 Å². The second-order valence-corrected chi connectivity index (χ2v) is 5.26. The van der Waals surface area contributed by atoms with Crippen molar-refractivity contribution in [1.29, 1.82) is 0 Å². The summed E-state index contributed by atoms with van der Waals surface area (Å²) in [6.45, 7) is 5.06. The lowest BCUT2D eigenvalue weighted by atomic mass is 10.1. The van der Waals surface area contributed by atoms with Crippen LogP contribution >= 0.6 is 15.9 Å². The summed E-state index contributed by atoms with van der Waals surface area (Å²) in [6.07, 6.45) is 2.33. The lowest BCUT2D eigenvalue weighted by Gasteiger charge is -2.19. The molecule has 3 nitrogen and oxygen atoms in total. The highest BCUT2D eigenvalue weighted by molar-refractivity contribution is 9.10. The molecule has 0 saturated heterocycles. The highest BCUT2D eigenvalue weighted by Gasteiger charge is 2.13. The first-order valence-corrected chi connectivity index (χ1v) is 7.67. The summed E-state index contributed by atoms with van der Waals surface area (Å²) in [5.41, 5.74) is 1.17. The van der Waals surface area contributed by atoms with Crippen LogP contribution in [-0.4, -0.2) is 33.4 Å². The molecule has 0 aromatic heterocycles. The first-order chi connectivity index (χ1) is 9.29. The van der Waals surface area contributed by atoms with E-state index in [0.29, 0.717) is 13.2 Å². The van der Waals surface area contributed by atoms with E-state index in [-0.39, 0.29) is 6.10 Å². The monoisotopic (exact) mass is 329 g/mol. The molecule has 19 heavy (non-hydrogen) atoms. The van der Waals surface area contributed by atoms with E-state index in [9.17, 15) is 0 Å². The largest absolute Gasteiger partial charge is 0.379 e. The molecule has 0 aliphatic rings. The van der Waals surface area contributed by atoms with Gasteiger partial charge in [0.25, 0.3) is 0 Å². The first kappa shape index (κ1) is 16.6. The molecule has 0 bridgehead atoms. The summed E-state index contributed by atoms with van der Waals surface area (Å²) in [5.74, 6) is 0. The first-order valence-electron chi connectivity index (χ1n) is 6.88. The predicted molar refractivity (Wildman–Crippen MR) is 82.5 cm³/mol. The zero-order valence-electron chi connectivity index (χ0n) is 11.8. The van der Waals surface area contributed by atoms with E-state index >= 15 is 0 Å². The quantitative estimate of drug-likeness (QED) is 0.666. The lowest BCUT2D eigenvalue weighted by molar-refractivity contribution is 0.00402. The van der Waals surface area contributed by atoms with Gasteiger partial charge in [-0.3, -0.25) is 0 Å². The predicted octanol–water partition coefficient (Wildman–Crippen LogP) is 3.54. The van der Waals surface area contributed by atoms with Crippen LogP contribution in [0.15, 0.2) is 28.7 Å². The average molecular weight is 330 g/mol. The molecular weight excluding hydrogens is 306 g/mol. The number of hydrogen-bond acceptors (Lipinski definition) is 3. The maximum absolute atomic E-state index is 5.91. The van der Waals surface area contributed by atoms with E-state index in [1.54, 1.807) is 0 Å². The fraction of sp³-hybridized carbons (Fsp3) is 0.600. The molecule has 0 aliphatic heterocycles. The van der Waals surface area contributed by atoms with Crippen LogP contribution in [0.2, 0.25) is 0 Å². The van der Waals surface area contributed by atoms with Gasteiger partial charge in [0.2, 0.25) is 0 Å². The molecule has 0 spiro atoms. The molecule has 1 N–H and O–H groups in total. The second-order valence-electron chi connectivity index (χ2n) is 4.40.